The molecule has 0 aliphatic rings. The maximum Gasteiger partial charge on any atom is 0.144 e. The quantitative estimate of drug-likeness (QED) is 0.732. The van der Waals surface area contributed by atoms with Gasteiger partial charge in [0.2, 0.25) is 0 Å². The van der Waals surface area contributed by atoms with Crippen LogP contribution in [0.15, 0.2) is 66.7 Å². The van der Waals surface area contributed by atoms with E-state index in [2.05, 4.69) is 0 Å². The molecule has 0 fully saturated rings. The molecule has 0 aliphatic heterocycles. The van der Waals surface area contributed by atoms with Crippen LogP contribution in [0.2, 0.25) is 0 Å². The summed E-state index contributed by atoms with van der Waals surface area (Å²) in [6.07, 6.45) is 0. The van der Waals surface area contributed by atoms with Crippen LogP contribution < -0.4 is 4.74 Å². The van der Waals surface area contributed by atoms with Crippen LogP contribution in [0.5, 0.6) is 11.5 Å². The lowest BCUT2D eigenvalue weighted by Crippen LogP contribution is -1.96. The molecule has 134 valence electrons. The molecule has 0 heterocycles. The van der Waals surface area contributed by atoms with Crippen LogP contribution in [-0.4, -0.2) is 5.11 Å². The normalized spacial score (nSPS) is 9.33. The van der Waals surface area contributed by atoms with Gasteiger partial charge < -0.3 is 9.84 Å². The highest BCUT2D eigenvalue weighted by molar-refractivity contribution is 5.36. The summed E-state index contributed by atoms with van der Waals surface area (Å²) in [5.41, 5.74) is 0.979. The lowest BCUT2D eigenvalue weighted by molar-refractivity contribution is 0.304. The zero-order valence-corrected chi connectivity index (χ0v) is 14.1. The highest BCUT2D eigenvalue weighted by atomic mass is 19.1. The summed E-state index contributed by atoms with van der Waals surface area (Å²) >= 11 is 0. The standard InChI is InChI=1S/C14H10FNO.C7H4FNO/c15-14-8-13(7-6-12(14)9-16)17-10-11-4-2-1-3-5-11;8-7-3-6(10)2-1-5(7)4-9/h1-8H,10H2;1-3,10H. The molecule has 0 aliphatic carbocycles. The van der Waals surface area contributed by atoms with E-state index in [1.807, 2.05) is 30.3 Å². The van der Waals surface area contributed by atoms with Gasteiger partial charge in [-0.25, -0.2) is 8.78 Å². The molecule has 0 radical (unpaired) electrons. The fourth-order valence-electron chi connectivity index (χ4n) is 2.01. The van der Waals surface area contributed by atoms with E-state index in [4.69, 9.17) is 20.4 Å². The van der Waals surface area contributed by atoms with E-state index in [-0.39, 0.29) is 16.9 Å². The first-order valence-corrected chi connectivity index (χ1v) is 7.78. The lowest BCUT2D eigenvalue weighted by atomic mass is 10.2. The van der Waals surface area contributed by atoms with Crippen molar-refractivity contribution < 1.29 is 18.6 Å². The number of nitriles is 2. The smallest absolute Gasteiger partial charge is 0.144 e. The number of benzene rings is 3. The monoisotopic (exact) mass is 364 g/mol. The fourth-order valence-corrected chi connectivity index (χ4v) is 2.01. The summed E-state index contributed by atoms with van der Waals surface area (Å²) in [5, 5.41) is 25.5. The van der Waals surface area contributed by atoms with E-state index in [0.717, 1.165) is 11.6 Å². The number of rotatable bonds is 3. The highest BCUT2D eigenvalue weighted by Crippen LogP contribution is 2.17. The van der Waals surface area contributed by atoms with Crippen LogP contribution in [-0.2, 0) is 6.61 Å². The van der Waals surface area contributed by atoms with E-state index in [1.54, 1.807) is 18.2 Å². The number of nitrogens with zero attached hydrogens (tertiary/aromatic N) is 2. The second-order valence-corrected chi connectivity index (χ2v) is 5.30. The first-order chi connectivity index (χ1) is 13.0. The van der Waals surface area contributed by atoms with Crippen LogP contribution >= 0.6 is 0 Å². The summed E-state index contributed by atoms with van der Waals surface area (Å²) in [6, 6.07) is 20.6. The van der Waals surface area contributed by atoms with Gasteiger partial charge in [-0.1, -0.05) is 30.3 Å². The number of ether oxygens (including phenoxy) is 1. The Morgan fingerprint density at radius 2 is 1.41 bits per heavy atom. The molecular weight excluding hydrogens is 350 g/mol. The van der Waals surface area contributed by atoms with Gasteiger partial charge in [0.15, 0.2) is 0 Å². The van der Waals surface area contributed by atoms with E-state index >= 15 is 0 Å². The van der Waals surface area contributed by atoms with Gasteiger partial charge in [0.05, 0.1) is 11.1 Å². The van der Waals surface area contributed by atoms with Crippen LogP contribution in [0.1, 0.15) is 16.7 Å². The van der Waals surface area contributed by atoms with Gasteiger partial charge in [-0.3, -0.25) is 0 Å². The lowest BCUT2D eigenvalue weighted by Gasteiger charge is -2.06. The average Bonchev–Trinajstić information content (AvgIpc) is 2.68. The summed E-state index contributed by atoms with van der Waals surface area (Å²) in [4.78, 5) is 0. The minimum atomic E-state index is -0.692. The Kier molecular flexibility index (Phi) is 6.87. The Morgan fingerprint density at radius 1 is 0.815 bits per heavy atom. The molecule has 3 rings (SSSR count). The number of hydrogen-bond acceptors (Lipinski definition) is 4. The molecule has 6 heteroatoms. The van der Waals surface area contributed by atoms with E-state index < -0.39 is 11.6 Å². The van der Waals surface area contributed by atoms with Crippen molar-refractivity contribution in [1.29, 1.82) is 10.5 Å². The fraction of sp³-hybridized carbons (Fsp3) is 0.0476. The van der Waals surface area contributed by atoms with Gasteiger partial charge in [0.25, 0.3) is 0 Å². The average molecular weight is 364 g/mol. The highest BCUT2D eigenvalue weighted by Gasteiger charge is 2.03. The first kappa shape index (κ1) is 19.4. The van der Waals surface area contributed by atoms with Crippen LogP contribution in [0.3, 0.4) is 0 Å². The van der Waals surface area contributed by atoms with Gasteiger partial charge in [0, 0.05) is 12.1 Å². The van der Waals surface area contributed by atoms with E-state index in [1.165, 1.54) is 24.3 Å². The second kappa shape index (κ2) is 9.55. The molecule has 0 bridgehead atoms. The maximum atomic E-state index is 13.3. The molecule has 0 unspecified atom stereocenters. The van der Waals surface area contributed by atoms with Crippen molar-refractivity contribution in [3.8, 4) is 23.6 Å². The summed E-state index contributed by atoms with van der Waals surface area (Å²) in [5.74, 6) is -0.998. The Balaban J connectivity index is 0.000000223. The predicted octanol–water partition coefficient (Wildman–Crippen LogP) is 4.68. The van der Waals surface area contributed by atoms with Gasteiger partial charge >= 0.3 is 0 Å². The Hall–Kier alpha value is -3.90. The molecule has 4 nitrogen and oxygen atoms in total. The predicted molar refractivity (Wildman–Crippen MR) is 94.7 cm³/mol. The molecule has 0 amide bonds. The SMILES string of the molecule is N#Cc1ccc(O)cc1F.N#Cc1ccc(OCc2ccccc2)cc1F. The van der Waals surface area contributed by atoms with Gasteiger partial charge in [-0.15, -0.1) is 0 Å². The minimum Gasteiger partial charge on any atom is -0.508 e. The van der Waals surface area contributed by atoms with Crippen molar-refractivity contribution in [1.82, 2.24) is 0 Å². The molecule has 0 spiro atoms. The van der Waals surface area contributed by atoms with Crippen molar-refractivity contribution in [2.45, 2.75) is 6.61 Å². The molecular formula is C21H14F2N2O2. The molecule has 3 aromatic rings. The third-order valence-corrected chi connectivity index (χ3v) is 3.38. The third-order valence-electron chi connectivity index (χ3n) is 3.38. The topological polar surface area (TPSA) is 77.0 Å². The van der Waals surface area contributed by atoms with Crippen molar-refractivity contribution in [2.24, 2.45) is 0 Å². The van der Waals surface area contributed by atoms with Crippen molar-refractivity contribution in [3.05, 3.63) is 95.1 Å². The number of aromatic hydroxyl groups is 1. The van der Waals surface area contributed by atoms with Crippen molar-refractivity contribution >= 4 is 0 Å². The minimum absolute atomic E-state index is 0.0251. The molecule has 1 N–H and O–H groups in total. The Labute approximate surface area is 155 Å². The zero-order valence-electron chi connectivity index (χ0n) is 14.1. The van der Waals surface area contributed by atoms with Crippen LogP contribution in [0.4, 0.5) is 8.78 Å². The summed E-state index contributed by atoms with van der Waals surface area (Å²) < 4.78 is 31.2. The molecule has 0 aromatic heterocycles. The van der Waals surface area contributed by atoms with Crippen molar-refractivity contribution in [3.63, 3.8) is 0 Å². The Bertz CT molecular complexity index is 993. The maximum absolute atomic E-state index is 13.3. The number of phenolic OH excluding ortho intramolecular Hbond substituents is 1. The molecule has 0 saturated carbocycles. The van der Waals surface area contributed by atoms with Crippen molar-refractivity contribution in [2.75, 3.05) is 0 Å². The largest absolute Gasteiger partial charge is 0.508 e. The summed E-state index contributed by atoms with van der Waals surface area (Å²) in [7, 11) is 0. The first-order valence-electron chi connectivity index (χ1n) is 7.78. The Morgan fingerprint density at radius 3 is 1.96 bits per heavy atom. The van der Waals surface area contributed by atoms with E-state index in [9.17, 15) is 8.78 Å². The van der Waals surface area contributed by atoms with Gasteiger partial charge in [-0.2, -0.15) is 10.5 Å². The number of halogens is 2. The second-order valence-electron chi connectivity index (χ2n) is 5.30. The number of phenols is 1. The number of hydrogen-bond donors (Lipinski definition) is 1. The molecule has 3 aromatic carbocycles. The third kappa shape index (κ3) is 5.84. The van der Waals surface area contributed by atoms with Gasteiger partial charge in [0.1, 0.15) is 41.9 Å². The summed E-state index contributed by atoms with van der Waals surface area (Å²) in [6.45, 7) is 0.381. The van der Waals surface area contributed by atoms with E-state index in [0.29, 0.717) is 12.4 Å². The van der Waals surface area contributed by atoms with Gasteiger partial charge in [-0.05, 0) is 29.8 Å². The molecule has 27 heavy (non-hydrogen) atoms. The zero-order chi connectivity index (χ0) is 19.6. The van der Waals surface area contributed by atoms with Crippen LogP contribution in [0, 0.1) is 34.3 Å². The molecule has 0 atom stereocenters. The van der Waals surface area contributed by atoms with Crippen LogP contribution in [0.25, 0.3) is 0 Å². The molecule has 0 saturated heterocycles.